The summed E-state index contributed by atoms with van der Waals surface area (Å²) in [4.78, 5) is 106. The van der Waals surface area contributed by atoms with E-state index in [2.05, 4.69) is 47.5 Å². The quantitative estimate of drug-likeness (QED) is 0.0924. The van der Waals surface area contributed by atoms with Crippen LogP contribution in [0.5, 0.6) is 69.0 Å². The Morgan fingerprint density at radius 1 is 0.598 bits per heavy atom. The second-order valence-electron chi connectivity index (χ2n) is 31.1. The molecule has 0 saturated carbocycles. The molecule has 642 valence electrons. The molecule has 18 rings (SSSR count). The minimum atomic E-state index is -2.49. The maximum Gasteiger partial charge on any atom is 0.330 e. The van der Waals surface area contributed by atoms with Crippen LogP contribution in [0.4, 0.5) is 0 Å². The number of aromatic hydroxyl groups is 6. The van der Waals surface area contributed by atoms with Crippen LogP contribution in [0.15, 0.2) is 121 Å². The predicted octanol–water partition coefficient (Wildman–Crippen LogP) is 3.84. The number of aliphatic hydroxyl groups excluding tert-OH is 4. The van der Waals surface area contributed by atoms with Crippen molar-refractivity contribution < 1.29 is 142 Å². The number of nitrogens with zero attached hydrogens (tertiary/aromatic N) is 3. The van der Waals surface area contributed by atoms with E-state index in [1.807, 2.05) is 0 Å². The van der Waals surface area contributed by atoms with Gasteiger partial charge < -0.3 is 140 Å². The molecule has 6 amide bonds. The number of aliphatic carboxylic acids is 1. The van der Waals surface area contributed by atoms with Gasteiger partial charge in [0.15, 0.2) is 59.2 Å². The predicted molar refractivity (Wildman–Crippen MR) is 414 cm³/mol. The number of benzene rings is 7. The highest BCUT2D eigenvalue weighted by Crippen LogP contribution is 2.51. The third kappa shape index (κ3) is 16.7. The van der Waals surface area contributed by atoms with Gasteiger partial charge in [-0.1, -0.05) is 52.7 Å². The van der Waals surface area contributed by atoms with E-state index >= 15 is 24.0 Å². The highest BCUT2D eigenvalue weighted by Gasteiger charge is 2.61. The first-order valence-electron chi connectivity index (χ1n) is 38.1. The number of halogens is 2. The van der Waals surface area contributed by atoms with Gasteiger partial charge in [0.05, 0.1) is 42.1 Å². The summed E-state index contributed by atoms with van der Waals surface area (Å²) in [5.74, 6) is -17.7. The average molecular weight is 1730 g/mol. The second-order valence-corrected chi connectivity index (χ2v) is 31.9. The van der Waals surface area contributed by atoms with Gasteiger partial charge in [0.25, 0.3) is 0 Å². The van der Waals surface area contributed by atoms with Gasteiger partial charge in [-0.05, 0) is 140 Å². The molecule has 17 bridgehead atoms. The third-order valence-electron chi connectivity index (χ3n) is 21.6. The van der Waals surface area contributed by atoms with Gasteiger partial charge in [-0.15, -0.1) is 5.10 Å². The van der Waals surface area contributed by atoms with Crippen LogP contribution < -0.4 is 51.4 Å². The van der Waals surface area contributed by atoms with Gasteiger partial charge >= 0.3 is 5.97 Å². The van der Waals surface area contributed by atoms with Crippen LogP contribution in [-0.4, -0.2) is 217 Å². The van der Waals surface area contributed by atoms with Crippen LogP contribution >= 0.6 is 23.2 Å². The lowest BCUT2D eigenvalue weighted by atomic mass is 9.89. The number of phenols is 6. The summed E-state index contributed by atoms with van der Waals surface area (Å²) < 4.78 is 70.2. The molecule has 0 radical (unpaired) electrons. The Morgan fingerprint density at radius 2 is 1.26 bits per heavy atom. The molecule has 19 atom stereocenters. The van der Waals surface area contributed by atoms with Crippen molar-refractivity contribution in [3.63, 3.8) is 0 Å². The van der Waals surface area contributed by atoms with Crippen molar-refractivity contribution >= 4 is 64.6 Å². The summed E-state index contributed by atoms with van der Waals surface area (Å²) in [5, 5.41) is 155. The number of hydrogen-bond donors (Lipinski definition) is 18. The fraction of sp³-hybridized carbons (Fsp3) is 0.370. The molecule has 7 aromatic carbocycles. The molecule has 41 heteroatoms. The largest absolute Gasteiger partial charge is 0.508 e. The number of hydrogen-bond acceptors (Lipinski definition) is 31. The van der Waals surface area contributed by atoms with Crippen molar-refractivity contribution in [3.05, 3.63) is 176 Å². The molecule has 0 aliphatic carbocycles. The number of carbonyl (C=O) groups excluding carboxylic acids is 6. The first-order valence-corrected chi connectivity index (χ1v) is 38.9. The molecule has 10 aliphatic rings. The maximum atomic E-state index is 16.2. The van der Waals surface area contributed by atoms with E-state index in [1.54, 1.807) is 27.7 Å². The number of amides is 6. The lowest BCUT2D eigenvalue weighted by molar-refractivity contribution is -0.284. The minimum absolute atomic E-state index is 0.0776. The summed E-state index contributed by atoms with van der Waals surface area (Å²) >= 11 is 14.3. The average Bonchev–Trinajstić information content (AvgIpc) is 1.58. The molecule has 4 saturated heterocycles. The Hall–Kier alpha value is -11.8. The number of carboxylic acids is 1. The van der Waals surface area contributed by atoms with Crippen LogP contribution in [-0.2, 0) is 84.5 Å². The summed E-state index contributed by atoms with van der Waals surface area (Å²) in [7, 11) is 0. The maximum absolute atomic E-state index is 16.2. The van der Waals surface area contributed by atoms with E-state index < -0.39 is 250 Å². The fourth-order valence-electron chi connectivity index (χ4n) is 16.1. The van der Waals surface area contributed by atoms with Crippen molar-refractivity contribution in [2.75, 3.05) is 13.2 Å². The molecule has 18 N–H and O–H groups in total. The van der Waals surface area contributed by atoms with Crippen LogP contribution in [0.3, 0.4) is 0 Å². The highest BCUT2D eigenvalue weighted by molar-refractivity contribution is 6.32. The van der Waals surface area contributed by atoms with E-state index in [1.165, 1.54) is 54.7 Å². The van der Waals surface area contributed by atoms with Crippen LogP contribution in [0.1, 0.15) is 116 Å². The number of aromatic nitrogens is 3. The van der Waals surface area contributed by atoms with Crippen LogP contribution in [0.2, 0.25) is 10.0 Å². The number of aliphatic hydroxyl groups is 4. The Labute approximate surface area is 700 Å². The van der Waals surface area contributed by atoms with Gasteiger partial charge in [-0.3, -0.25) is 34.1 Å². The molecule has 1 unspecified atom stereocenters. The minimum Gasteiger partial charge on any atom is -0.508 e. The first-order chi connectivity index (χ1) is 58.0. The number of fused-ring (bicyclic) bond motifs is 17. The Morgan fingerprint density at radius 3 is 1.98 bits per heavy atom. The van der Waals surface area contributed by atoms with Crippen molar-refractivity contribution in [2.45, 2.75) is 175 Å². The molecular formula is C81H80Cl2N10O29. The summed E-state index contributed by atoms with van der Waals surface area (Å²) in [5.41, 5.74) is -2.36. The van der Waals surface area contributed by atoms with E-state index in [9.17, 15) is 65.8 Å². The van der Waals surface area contributed by atoms with Crippen molar-refractivity contribution in [1.82, 2.24) is 52.2 Å². The number of ether oxygens (including phenoxy) is 11. The van der Waals surface area contributed by atoms with Gasteiger partial charge in [0.1, 0.15) is 131 Å². The van der Waals surface area contributed by atoms with E-state index in [0.29, 0.717) is 0 Å². The number of carbonyl (C=O) groups is 7. The third-order valence-corrected chi connectivity index (χ3v) is 22.2. The lowest BCUT2D eigenvalue weighted by Gasteiger charge is -2.44. The van der Waals surface area contributed by atoms with E-state index in [-0.39, 0.29) is 80.3 Å². The zero-order valence-corrected chi connectivity index (χ0v) is 66.2. The molecule has 11 heterocycles. The first kappa shape index (κ1) is 83.9. The standard InChI is InChI=1S/C81H80Cl2N10O29/c1-30(95)84-61-66(103)65(102)54(27-94)116-78(61)118-67-34-9-13-50(44(83)19-34)115-53-22-36-21-52(64(53)101)114-49-12-6-31(14-43(49)82)15-45-71(104)86-58(73(106)88-59(36)74(107)87-57-32-7-10-46(98)41(18-32)56-42(24-39(97)25-48(56)100)60(77(110)111)89-75(108)62(67)90-72(57)105)35-16-38(96)23-40(17-35)113-51-20-33(8-11-47(51)99)63(76(109)85-45)93-26-37(91-92-93)28-112-29-55-68-69(120-80(2,3)119-68)70-79(117-55)122-81(4,5)121-70/h6-14,16-26,45,54-55,57-63,65-70,74,78-79,87,94,96-103,107H,15,27-29H2,1-5H3,(H,84,95)(H,85,109)(H,86,104)(H,88,106)(H,89,108)(H,90,105)(H,110,111)/t45-,54-,55-,57-,58+,59-,60-,61-,62-,63-,65-,66-,67-,68+,69+,70-,74?,78+,79-/m1/s1. The normalized spacial score (nSPS) is 29.0. The molecule has 1 aromatic heterocycles. The Bertz CT molecular complexity index is 5530. The Balaban J connectivity index is 0.817. The van der Waals surface area contributed by atoms with Crippen molar-refractivity contribution in [2.24, 2.45) is 0 Å². The summed E-state index contributed by atoms with van der Waals surface area (Å²) in [6.07, 6.45) is -14.9. The SMILES string of the molecule is CC(=O)N[C@H]1[C@H](O[C@@H]2c3ccc(c(Cl)c3)Oc3cc4cc(c3O)Oc3ccc(cc3Cl)C[C@H]3NC(=O)[C@H](n5cc(COC[C@H]6O[C@@H]7OC(C)(C)O[C@@H]7[C@H]7OC(C)(C)O[C@H]76)nn5)c5ccc(O)c(c5)Oc5cc(O)cc(c5)[C@H](NC3=O)C(=O)N[C@H]4C(O)N[C@H]3C(=O)N[C@H]2C(=O)N[C@@H](C(=O)O)c2cc(O)cc(O)c2-c2cc3ccc2O)O[C@H](CO)[C@@H](O)[C@@H]1O. The van der Waals surface area contributed by atoms with Crippen molar-refractivity contribution in [3.8, 4) is 80.1 Å². The molecular weight excluding hydrogens is 1650 g/mol. The molecule has 10 aliphatic heterocycles. The van der Waals surface area contributed by atoms with Gasteiger partial charge in [0.2, 0.25) is 41.2 Å². The molecule has 4 fully saturated rings. The van der Waals surface area contributed by atoms with Gasteiger partial charge in [0, 0.05) is 42.2 Å². The van der Waals surface area contributed by atoms with Crippen LogP contribution in [0.25, 0.3) is 11.1 Å². The highest BCUT2D eigenvalue weighted by atomic mass is 35.5. The van der Waals surface area contributed by atoms with E-state index in [0.717, 1.165) is 78.3 Å². The lowest BCUT2D eigenvalue weighted by Crippen LogP contribution is -2.65. The zero-order chi connectivity index (χ0) is 86.6. The number of nitrogens with one attached hydrogen (secondary N) is 7. The number of carboxylic acid groups (broad SMARTS) is 1. The molecule has 39 nitrogen and oxygen atoms in total. The fourth-order valence-corrected chi connectivity index (χ4v) is 16.6. The summed E-state index contributed by atoms with van der Waals surface area (Å²) in [6.45, 7) is 6.72. The van der Waals surface area contributed by atoms with Gasteiger partial charge in [-0.25, -0.2) is 9.48 Å². The topological polar surface area (TPSA) is 558 Å². The van der Waals surface area contributed by atoms with Crippen molar-refractivity contribution in [1.29, 1.82) is 0 Å². The zero-order valence-electron chi connectivity index (χ0n) is 64.7. The second kappa shape index (κ2) is 32.9. The molecule has 0 spiro atoms. The number of rotatable bonds is 10. The monoisotopic (exact) mass is 1730 g/mol. The van der Waals surface area contributed by atoms with E-state index in [4.69, 9.17) is 75.3 Å². The number of phenolic OH excluding ortho intramolecular Hbond substituents is 6. The smallest absolute Gasteiger partial charge is 0.330 e. The summed E-state index contributed by atoms with van der Waals surface area (Å²) in [6, 6.07) is 5.42. The van der Waals surface area contributed by atoms with Gasteiger partial charge in [-0.2, -0.15) is 0 Å². The molecule has 8 aromatic rings. The molecule has 122 heavy (non-hydrogen) atoms. The van der Waals surface area contributed by atoms with Crippen LogP contribution in [0, 0.1) is 0 Å². The Kier molecular flexibility index (Phi) is 22.6.